The average Bonchev–Trinajstić information content (AvgIpc) is 3.60. The Morgan fingerprint density at radius 2 is 1.81 bits per heavy atom. The number of nitrogens with zero attached hydrogens (tertiary/aromatic N) is 1. The first-order valence-electron chi connectivity index (χ1n) is 11.2. The van der Waals surface area contributed by atoms with Gasteiger partial charge in [0.1, 0.15) is 5.75 Å². The minimum Gasteiger partial charge on any atom is -0.493 e. The van der Waals surface area contributed by atoms with Gasteiger partial charge in [-0.2, -0.15) is 0 Å². The van der Waals surface area contributed by atoms with E-state index in [-0.39, 0.29) is 24.3 Å². The second-order valence-electron chi connectivity index (χ2n) is 8.13. The summed E-state index contributed by atoms with van der Waals surface area (Å²) < 4.78 is 11.2. The molecule has 1 saturated carbocycles. The predicted molar refractivity (Wildman–Crippen MR) is 119 cm³/mol. The molecular formula is C25H28N2O5. The highest BCUT2D eigenvalue weighted by atomic mass is 16.5. The van der Waals surface area contributed by atoms with Gasteiger partial charge in [-0.05, 0) is 61.9 Å². The van der Waals surface area contributed by atoms with Crippen LogP contribution in [-0.4, -0.2) is 49.0 Å². The summed E-state index contributed by atoms with van der Waals surface area (Å²) in [6.45, 7) is 4.29. The van der Waals surface area contributed by atoms with Crippen molar-refractivity contribution in [1.82, 2.24) is 10.2 Å². The minimum atomic E-state index is -0.323. The maximum absolute atomic E-state index is 12.8. The fourth-order valence-electron chi connectivity index (χ4n) is 3.71. The Bertz CT molecular complexity index is 980. The van der Waals surface area contributed by atoms with Crippen molar-refractivity contribution in [3.05, 3.63) is 64.7 Å². The molecule has 7 nitrogen and oxygen atoms in total. The van der Waals surface area contributed by atoms with Crippen molar-refractivity contribution in [3.8, 4) is 5.75 Å². The fourth-order valence-corrected chi connectivity index (χ4v) is 3.71. The SMILES string of the molecule is CCOc1ccc(CN2C(=O)c3ccccc3C2=O)cc1C(=O)NCCCOCC1CC1. The summed E-state index contributed by atoms with van der Waals surface area (Å²) in [5, 5.41) is 2.91. The molecule has 0 spiro atoms. The Balaban J connectivity index is 1.40. The van der Waals surface area contributed by atoms with Gasteiger partial charge in [0, 0.05) is 19.8 Å². The van der Waals surface area contributed by atoms with Gasteiger partial charge in [0.25, 0.3) is 17.7 Å². The zero-order chi connectivity index (χ0) is 22.5. The molecule has 1 fully saturated rings. The molecule has 2 aliphatic rings. The number of carbonyl (C=O) groups is 3. The third-order valence-corrected chi connectivity index (χ3v) is 5.61. The molecule has 2 aromatic carbocycles. The van der Waals surface area contributed by atoms with Crippen molar-refractivity contribution in [1.29, 1.82) is 0 Å². The molecule has 0 atom stereocenters. The molecule has 1 heterocycles. The fraction of sp³-hybridized carbons (Fsp3) is 0.400. The van der Waals surface area contributed by atoms with E-state index in [1.165, 1.54) is 17.7 Å². The quantitative estimate of drug-likeness (QED) is 0.431. The van der Waals surface area contributed by atoms with Gasteiger partial charge in [-0.1, -0.05) is 18.2 Å². The van der Waals surface area contributed by atoms with Crippen molar-refractivity contribution < 1.29 is 23.9 Å². The van der Waals surface area contributed by atoms with Crippen LogP contribution in [0.1, 0.15) is 62.8 Å². The first-order chi connectivity index (χ1) is 15.6. The maximum atomic E-state index is 12.8. The van der Waals surface area contributed by atoms with E-state index < -0.39 is 0 Å². The molecule has 0 radical (unpaired) electrons. The predicted octanol–water partition coefficient (Wildman–Crippen LogP) is 3.43. The summed E-state index contributed by atoms with van der Waals surface area (Å²) in [5.74, 6) is 0.303. The summed E-state index contributed by atoms with van der Waals surface area (Å²) >= 11 is 0. The van der Waals surface area contributed by atoms with E-state index in [1.54, 1.807) is 42.5 Å². The summed E-state index contributed by atoms with van der Waals surface area (Å²) in [5.41, 5.74) is 1.89. The van der Waals surface area contributed by atoms with E-state index in [9.17, 15) is 14.4 Å². The zero-order valence-electron chi connectivity index (χ0n) is 18.3. The van der Waals surface area contributed by atoms with Gasteiger partial charge >= 0.3 is 0 Å². The van der Waals surface area contributed by atoms with Crippen molar-refractivity contribution in [2.75, 3.05) is 26.4 Å². The summed E-state index contributed by atoms with van der Waals surface area (Å²) in [4.78, 5) is 39.3. The molecule has 1 aliphatic carbocycles. The van der Waals surface area contributed by atoms with Crippen LogP contribution >= 0.6 is 0 Å². The lowest BCUT2D eigenvalue weighted by Crippen LogP contribution is -2.29. The number of hydrogen-bond donors (Lipinski definition) is 1. The van der Waals surface area contributed by atoms with Crippen LogP contribution in [0.15, 0.2) is 42.5 Å². The lowest BCUT2D eigenvalue weighted by Gasteiger charge is -2.16. The molecular weight excluding hydrogens is 408 g/mol. The van der Waals surface area contributed by atoms with E-state index in [0.717, 1.165) is 18.9 Å². The van der Waals surface area contributed by atoms with Gasteiger partial charge in [-0.25, -0.2) is 0 Å². The number of imide groups is 1. The Morgan fingerprint density at radius 3 is 2.47 bits per heavy atom. The number of amides is 3. The van der Waals surface area contributed by atoms with Crippen LogP contribution in [0.4, 0.5) is 0 Å². The number of rotatable bonds is 11. The molecule has 0 bridgehead atoms. The van der Waals surface area contributed by atoms with Crippen LogP contribution in [0.2, 0.25) is 0 Å². The van der Waals surface area contributed by atoms with E-state index in [1.807, 2.05) is 6.92 Å². The topological polar surface area (TPSA) is 84.9 Å². The number of nitrogens with one attached hydrogen (secondary N) is 1. The summed E-state index contributed by atoms with van der Waals surface area (Å²) in [6.07, 6.45) is 3.25. The molecule has 3 amide bonds. The van der Waals surface area contributed by atoms with Crippen molar-refractivity contribution in [3.63, 3.8) is 0 Å². The van der Waals surface area contributed by atoms with E-state index >= 15 is 0 Å². The molecule has 0 unspecified atom stereocenters. The molecule has 7 heteroatoms. The van der Waals surface area contributed by atoms with Crippen LogP contribution in [0, 0.1) is 5.92 Å². The number of hydrogen-bond acceptors (Lipinski definition) is 5. The molecule has 2 aromatic rings. The smallest absolute Gasteiger partial charge is 0.261 e. The largest absolute Gasteiger partial charge is 0.493 e. The monoisotopic (exact) mass is 436 g/mol. The Labute approximate surface area is 187 Å². The van der Waals surface area contributed by atoms with Crippen LogP contribution in [0.25, 0.3) is 0 Å². The van der Waals surface area contributed by atoms with Gasteiger partial charge in [0.2, 0.25) is 0 Å². The number of benzene rings is 2. The second kappa shape index (κ2) is 9.96. The van der Waals surface area contributed by atoms with Gasteiger partial charge in [-0.15, -0.1) is 0 Å². The average molecular weight is 437 g/mol. The first kappa shape index (κ1) is 22.0. The molecule has 1 aliphatic heterocycles. The number of ether oxygens (including phenoxy) is 2. The summed E-state index contributed by atoms with van der Waals surface area (Å²) in [7, 11) is 0. The molecule has 32 heavy (non-hydrogen) atoms. The molecule has 4 rings (SSSR count). The highest BCUT2D eigenvalue weighted by Gasteiger charge is 2.35. The van der Waals surface area contributed by atoms with E-state index in [2.05, 4.69) is 5.32 Å². The van der Waals surface area contributed by atoms with Crippen molar-refractivity contribution in [2.45, 2.75) is 32.7 Å². The Hall–Kier alpha value is -3.19. The Morgan fingerprint density at radius 1 is 1.09 bits per heavy atom. The van der Waals surface area contributed by atoms with Crippen molar-refractivity contribution >= 4 is 17.7 Å². The van der Waals surface area contributed by atoms with Crippen molar-refractivity contribution in [2.24, 2.45) is 5.92 Å². The molecule has 1 N–H and O–H groups in total. The third-order valence-electron chi connectivity index (χ3n) is 5.61. The third kappa shape index (κ3) is 4.99. The summed E-state index contributed by atoms with van der Waals surface area (Å²) in [6, 6.07) is 12.0. The normalized spacial score (nSPS) is 15.1. The van der Waals surface area contributed by atoms with Crippen LogP contribution in [0.3, 0.4) is 0 Å². The molecule has 168 valence electrons. The van der Waals surface area contributed by atoms with Gasteiger partial charge in [0.15, 0.2) is 0 Å². The standard InChI is InChI=1S/C25H28N2O5/c1-2-32-22-11-10-18(15-27-24(29)19-6-3-4-7-20(19)25(27)30)14-21(22)23(28)26-12-5-13-31-16-17-8-9-17/h3-4,6-7,10-11,14,17H,2,5,8-9,12-13,15-16H2,1H3,(H,26,28). The lowest BCUT2D eigenvalue weighted by atomic mass is 10.1. The molecule has 0 aromatic heterocycles. The number of carbonyl (C=O) groups excluding carboxylic acids is 3. The Kier molecular flexibility index (Phi) is 6.85. The second-order valence-corrected chi connectivity index (χ2v) is 8.13. The number of fused-ring (bicyclic) bond motifs is 1. The first-order valence-corrected chi connectivity index (χ1v) is 11.2. The van der Waals surface area contributed by atoms with Crippen LogP contribution in [-0.2, 0) is 11.3 Å². The van der Waals surface area contributed by atoms with Gasteiger partial charge < -0.3 is 14.8 Å². The minimum absolute atomic E-state index is 0.0913. The van der Waals surface area contributed by atoms with Gasteiger partial charge in [0.05, 0.1) is 29.8 Å². The highest BCUT2D eigenvalue weighted by molar-refractivity contribution is 6.21. The lowest BCUT2D eigenvalue weighted by molar-refractivity contribution is 0.0642. The van der Waals surface area contributed by atoms with E-state index in [4.69, 9.17) is 9.47 Å². The van der Waals surface area contributed by atoms with Crippen LogP contribution in [0.5, 0.6) is 5.75 Å². The zero-order valence-corrected chi connectivity index (χ0v) is 18.3. The van der Waals surface area contributed by atoms with Gasteiger partial charge in [-0.3, -0.25) is 19.3 Å². The highest BCUT2D eigenvalue weighted by Crippen LogP contribution is 2.29. The van der Waals surface area contributed by atoms with E-state index in [0.29, 0.717) is 47.8 Å². The maximum Gasteiger partial charge on any atom is 0.261 e. The van der Waals surface area contributed by atoms with Crippen LogP contribution < -0.4 is 10.1 Å². The molecule has 0 saturated heterocycles.